The summed E-state index contributed by atoms with van der Waals surface area (Å²) in [6, 6.07) is 0. The lowest BCUT2D eigenvalue weighted by molar-refractivity contribution is -0.132. The van der Waals surface area contributed by atoms with Crippen LogP contribution in [-0.2, 0) is 14.3 Å². The predicted molar refractivity (Wildman–Crippen MR) is 95.2 cm³/mol. The molecule has 5 heteroatoms. The molecule has 2 saturated heterocycles. The van der Waals surface area contributed by atoms with Gasteiger partial charge in [0.05, 0.1) is 0 Å². The summed E-state index contributed by atoms with van der Waals surface area (Å²) in [6.07, 6.45) is 8.66. The third-order valence-corrected chi connectivity index (χ3v) is 4.70. The van der Waals surface area contributed by atoms with E-state index < -0.39 is 0 Å². The molecule has 24 heavy (non-hydrogen) atoms. The number of piperidine rings is 1. The van der Waals surface area contributed by atoms with Crippen molar-refractivity contribution in [1.29, 1.82) is 0 Å². The van der Waals surface area contributed by atoms with E-state index >= 15 is 0 Å². The maximum Gasteiger partial charge on any atom is 0.225 e. The zero-order valence-electron chi connectivity index (χ0n) is 14.7. The van der Waals surface area contributed by atoms with Crippen molar-refractivity contribution >= 4 is 5.91 Å². The summed E-state index contributed by atoms with van der Waals surface area (Å²) in [4.78, 5) is 14.3. The van der Waals surface area contributed by atoms with Gasteiger partial charge in [-0.1, -0.05) is 32.2 Å². The van der Waals surface area contributed by atoms with Crippen molar-refractivity contribution in [3.63, 3.8) is 0 Å². The van der Waals surface area contributed by atoms with Crippen molar-refractivity contribution < 1.29 is 14.3 Å². The number of hydrogen-bond donors (Lipinski definition) is 1. The maximum atomic E-state index is 12.0. The summed E-state index contributed by atoms with van der Waals surface area (Å²) in [5.41, 5.74) is -0.261. The molecule has 2 aliphatic rings. The normalized spacial score (nSPS) is 27.2. The number of nitrogens with zero attached hydrogens (tertiary/aromatic N) is 1. The zero-order valence-corrected chi connectivity index (χ0v) is 14.7. The first kappa shape index (κ1) is 18.3. The van der Waals surface area contributed by atoms with Crippen molar-refractivity contribution in [2.45, 2.75) is 25.9 Å². The lowest BCUT2D eigenvalue weighted by Gasteiger charge is -2.40. The van der Waals surface area contributed by atoms with Gasteiger partial charge in [0.15, 0.2) is 11.5 Å². The molecule has 2 fully saturated rings. The van der Waals surface area contributed by atoms with Crippen LogP contribution in [0.3, 0.4) is 0 Å². The topological polar surface area (TPSA) is 50.8 Å². The number of amides is 1. The van der Waals surface area contributed by atoms with Crippen LogP contribution in [0.5, 0.6) is 0 Å². The molecular formula is C19H28N2O3. The molecule has 0 spiro atoms. The van der Waals surface area contributed by atoms with E-state index in [4.69, 9.17) is 9.47 Å². The predicted octanol–water partition coefficient (Wildman–Crippen LogP) is 2.39. The average molecular weight is 332 g/mol. The van der Waals surface area contributed by atoms with E-state index in [1.807, 2.05) is 6.92 Å². The number of rotatable bonds is 5. The molecule has 0 aromatic carbocycles. The summed E-state index contributed by atoms with van der Waals surface area (Å²) < 4.78 is 11.8. The molecule has 132 valence electrons. The molecule has 0 aromatic heterocycles. The van der Waals surface area contributed by atoms with Crippen molar-refractivity contribution in [2.24, 2.45) is 5.41 Å². The van der Waals surface area contributed by atoms with Gasteiger partial charge in [0.25, 0.3) is 0 Å². The van der Waals surface area contributed by atoms with Crippen LogP contribution in [0.4, 0.5) is 0 Å². The number of carbonyl (C=O) groups excluding carboxylic acids is 1. The molecule has 2 aliphatic heterocycles. The molecule has 0 radical (unpaired) electrons. The van der Waals surface area contributed by atoms with Crippen LogP contribution >= 0.6 is 0 Å². The van der Waals surface area contributed by atoms with E-state index in [9.17, 15) is 4.79 Å². The molecule has 1 N–H and O–H groups in total. The fraction of sp³-hybridized carbons (Fsp3) is 0.526. The number of hydrogen-bond acceptors (Lipinski definition) is 4. The van der Waals surface area contributed by atoms with Gasteiger partial charge >= 0.3 is 0 Å². The molecule has 1 atom stereocenters. The number of allylic oxidation sites excluding steroid dienone is 4. The highest BCUT2D eigenvalue weighted by Gasteiger charge is 2.37. The Morgan fingerprint density at radius 3 is 2.50 bits per heavy atom. The van der Waals surface area contributed by atoms with Crippen LogP contribution in [0.15, 0.2) is 49.0 Å². The van der Waals surface area contributed by atoms with Gasteiger partial charge in [0.2, 0.25) is 5.91 Å². The first-order valence-electron chi connectivity index (χ1n) is 8.42. The fourth-order valence-electron chi connectivity index (χ4n) is 3.13. The van der Waals surface area contributed by atoms with Crippen LogP contribution in [0.2, 0.25) is 0 Å². The molecule has 0 bridgehead atoms. The molecule has 1 amide bonds. The third-order valence-electron chi connectivity index (χ3n) is 4.70. The molecular weight excluding hydrogens is 304 g/mol. The molecule has 0 aromatic rings. The summed E-state index contributed by atoms with van der Waals surface area (Å²) in [6.45, 7) is 12.5. The Morgan fingerprint density at radius 2 is 1.92 bits per heavy atom. The fourth-order valence-corrected chi connectivity index (χ4v) is 3.13. The van der Waals surface area contributed by atoms with Gasteiger partial charge in [-0.25, -0.2) is 0 Å². The summed E-state index contributed by atoms with van der Waals surface area (Å²) in [7, 11) is 1.70. The SMILES string of the molecule is C=C/C=C1/OC[C@H](CN2CCC(C)(C(=O)NC)CC2)O/C1=C/C=C. The first-order valence-corrected chi connectivity index (χ1v) is 8.42. The Labute approximate surface area is 144 Å². The van der Waals surface area contributed by atoms with Crippen molar-refractivity contribution in [3.8, 4) is 0 Å². The number of ether oxygens (including phenoxy) is 2. The Kier molecular flexibility index (Phi) is 6.26. The largest absolute Gasteiger partial charge is 0.486 e. The van der Waals surface area contributed by atoms with Gasteiger partial charge in [-0.2, -0.15) is 0 Å². The van der Waals surface area contributed by atoms with Crippen LogP contribution in [-0.4, -0.2) is 50.2 Å². The van der Waals surface area contributed by atoms with Gasteiger partial charge in [0, 0.05) is 19.0 Å². The second kappa shape index (κ2) is 8.20. The van der Waals surface area contributed by atoms with Crippen molar-refractivity contribution in [3.05, 3.63) is 49.0 Å². The number of likely N-dealkylation sites (tertiary alicyclic amines) is 1. The van der Waals surface area contributed by atoms with Crippen molar-refractivity contribution in [2.75, 3.05) is 33.3 Å². The minimum Gasteiger partial charge on any atom is -0.486 e. The van der Waals surface area contributed by atoms with Crippen LogP contribution in [0, 0.1) is 5.41 Å². The zero-order chi connectivity index (χ0) is 17.6. The molecule has 2 heterocycles. The highest BCUT2D eigenvalue weighted by Crippen LogP contribution is 2.31. The van der Waals surface area contributed by atoms with Gasteiger partial charge in [-0.3, -0.25) is 9.69 Å². The third kappa shape index (κ3) is 4.29. The smallest absolute Gasteiger partial charge is 0.225 e. The van der Waals surface area contributed by atoms with E-state index in [1.54, 1.807) is 31.4 Å². The maximum absolute atomic E-state index is 12.0. The lowest BCUT2D eigenvalue weighted by atomic mass is 9.79. The second-order valence-electron chi connectivity index (χ2n) is 6.52. The van der Waals surface area contributed by atoms with E-state index in [1.165, 1.54) is 0 Å². The van der Waals surface area contributed by atoms with E-state index in [-0.39, 0.29) is 17.4 Å². The van der Waals surface area contributed by atoms with E-state index in [0.717, 1.165) is 32.5 Å². The molecule has 0 unspecified atom stereocenters. The Balaban J connectivity index is 1.91. The van der Waals surface area contributed by atoms with Gasteiger partial charge in [-0.15, -0.1) is 0 Å². The van der Waals surface area contributed by atoms with Crippen LogP contribution < -0.4 is 5.32 Å². The molecule has 0 saturated carbocycles. The Morgan fingerprint density at radius 1 is 1.29 bits per heavy atom. The number of nitrogens with one attached hydrogen (secondary N) is 1. The number of carbonyl (C=O) groups is 1. The van der Waals surface area contributed by atoms with Crippen molar-refractivity contribution in [1.82, 2.24) is 10.2 Å². The standard InChI is InChI=1S/C19H28N2O3/c1-5-7-16-17(8-6-2)24-15(14-23-16)13-21-11-9-19(3,10-12-21)18(22)20-4/h5-8,15H,1-2,9-14H2,3-4H3,(H,20,22)/b16-7+,17-8+/t15-/m0/s1. The Hall–Kier alpha value is -2.01. The highest BCUT2D eigenvalue weighted by atomic mass is 16.6. The van der Waals surface area contributed by atoms with Gasteiger partial charge in [-0.05, 0) is 38.1 Å². The Bertz CT molecular complexity index is 543. The summed E-state index contributed by atoms with van der Waals surface area (Å²) in [5.74, 6) is 1.51. The van der Waals surface area contributed by atoms with Crippen LogP contribution in [0.1, 0.15) is 19.8 Å². The highest BCUT2D eigenvalue weighted by molar-refractivity contribution is 5.82. The summed E-state index contributed by atoms with van der Waals surface area (Å²) in [5, 5.41) is 2.77. The van der Waals surface area contributed by atoms with E-state index in [2.05, 4.69) is 23.4 Å². The monoisotopic (exact) mass is 332 g/mol. The van der Waals surface area contributed by atoms with Gasteiger partial charge < -0.3 is 14.8 Å². The lowest BCUT2D eigenvalue weighted by Crippen LogP contribution is -2.49. The van der Waals surface area contributed by atoms with Crippen LogP contribution in [0.25, 0.3) is 0 Å². The quantitative estimate of drug-likeness (QED) is 0.840. The second-order valence-corrected chi connectivity index (χ2v) is 6.52. The molecule has 0 aliphatic carbocycles. The van der Waals surface area contributed by atoms with E-state index in [0.29, 0.717) is 18.1 Å². The average Bonchev–Trinajstić information content (AvgIpc) is 2.59. The molecule has 2 rings (SSSR count). The first-order chi connectivity index (χ1) is 11.5. The summed E-state index contributed by atoms with van der Waals surface area (Å²) >= 11 is 0. The molecule has 5 nitrogen and oxygen atoms in total. The minimum absolute atomic E-state index is 0.0254. The minimum atomic E-state index is -0.261. The van der Waals surface area contributed by atoms with Gasteiger partial charge in [0.1, 0.15) is 12.7 Å².